The van der Waals surface area contributed by atoms with Gasteiger partial charge in [0.25, 0.3) is 0 Å². The Morgan fingerprint density at radius 3 is 2.75 bits per heavy atom. The van der Waals surface area contributed by atoms with E-state index in [9.17, 15) is 13.6 Å². The van der Waals surface area contributed by atoms with Gasteiger partial charge in [0.15, 0.2) is 5.82 Å². The first-order valence-electron chi connectivity index (χ1n) is 8.09. The number of nitrogens with one attached hydrogen (secondary N) is 1. The Bertz CT molecular complexity index is 802. The van der Waals surface area contributed by atoms with Gasteiger partial charge in [0.2, 0.25) is 0 Å². The molecular formula is C17H17F2N3O2. The van der Waals surface area contributed by atoms with E-state index < -0.39 is 11.6 Å². The van der Waals surface area contributed by atoms with Crippen molar-refractivity contribution in [1.82, 2.24) is 10.3 Å². The van der Waals surface area contributed by atoms with Crippen LogP contribution >= 0.6 is 0 Å². The van der Waals surface area contributed by atoms with Crippen LogP contribution in [-0.4, -0.2) is 37.1 Å². The fraction of sp³-hybridized carbons (Fsp3) is 0.412. The SMILES string of the molecule is O=C(Oc1ccnc2c(F)c(N3CCNCC3)c(F)cc12)C1CC1. The summed E-state index contributed by atoms with van der Waals surface area (Å²) in [5, 5.41) is 3.33. The van der Waals surface area contributed by atoms with Gasteiger partial charge in [0, 0.05) is 37.8 Å². The molecule has 1 aromatic carbocycles. The summed E-state index contributed by atoms with van der Waals surface area (Å²) in [7, 11) is 0. The average Bonchev–Trinajstić information content (AvgIpc) is 3.42. The fourth-order valence-electron chi connectivity index (χ4n) is 2.96. The lowest BCUT2D eigenvalue weighted by molar-refractivity contribution is -0.135. The number of anilines is 1. The number of piperazine rings is 1. The highest BCUT2D eigenvalue weighted by Crippen LogP contribution is 2.36. The molecule has 7 heteroatoms. The molecule has 4 rings (SSSR count). The van der Waals surface area contributed by atoms with E-state index in [1.807, 2.05) is 0 Å². The second-order valence-corrected chi connectivity index (χ2v) is 6.16. The maximum absolute atomic E-state index is 14.9. The van der Waals surface area contributed by atoms with Crippen molar-refractivity contribution in [3.8, 4) is 5.75 Å². The van der Waals surface area contributed by atoms with E-state index in [0.29, 0.717) is 26.2 Å². The summed E-state index contributed by atoms with van der Waals surface area (Å²) in [6.07, 6.45) is 2.98. The third-order valence-electron chi connectivity index (χ3n) is 4.42. The molecule has 2 fully saturated rings. The topological polar surface area (TPSA) is 54.5 Å². The predicted molar refractivity (Wildman–Crippen MR) is 85.1 cm³/mol. The predicted octanol–water partition coefficient (Wildman–Crippen LogP) is 2.24. The number of carbonyl (C=O) groups excluding carboxylic acids is 1. The van der Waals surface area contributed by atoms with Crippen molar-refractivity contribution < 1.29 is 18.3 Å². The molecule has 1 aliphatic carbocycles. The van der Waals surface area contributed by atoms with Gasteiger partial charge >= 0.3 is 5.97 Å². The normalized spacial score (nSPS) is 18.0. The van der Waals surface area contributed by atoms with Crippen molar-refractivity contribution in [1.29, 1.82) is 0 Å². The minimum Gasteiger partial charge on any atom is -0.426 e. The van der Waals surface area contributed by atoms with Crippen molar-refractivity contribution in [3.05, 3.63) is 30.0 Å². The van der Waals surface area contributed by atoms with E-state index in [2.05, 4.69) is 10.3 Å². The summed E-state index contributed by atoms with van der Waals surface area (Å²) in [6.45, 7) is 2.39. The van der Waals surface area contributed by atoms with E-state index in [0.717, 1.165) is 12.8 Å². The van der Waals surface area contributed by atoms with Gasteiger partial charge < -0.3 is 15.0 Å². The number of ether oxygens (including phenoxy) is 1. The van der Waals surface area contributed by atoms with Crippen LogP contribution in [0.2, 0.25) is 0 Å². The third-order valence-corrected chi connectivity index (χ3v) is 4.42. The Kier molecular flexibility index (Phi) is 3.80. The average molecular weight is 333 g/mol. The molecule has 1 saturated carbocycles. The Labute approximate surface area is 137 Å². The zero-order valence-electron chi connectivity index (χ0n) is 13.0. The monoisotopic (exact) mass is 333 g/mol. The van der Waals surface area contributed by atoms with Crippen LogP contribution in [0.15, 0.2) is 18.3 Å². The summed E-state index contributed by atoms with van der Waals surface area (Å²) < 4.78 is 34.8. The summed E-state index contributed by atoms with van der Waals surface area (Å²) >= 11 is 0. The highest BCUT2D eigenvalue weighted by atomic mass is 19.1. The summed E-state index contributed by atoms with van der Waals surface area (Å²) in [4.78, 5) is 17.6. The van der Waals surface area contributed by atoms with Crippen LogP contribution < -0.4 is 15.0 Å². The number of hydrogen-bond donors (Lipinski definition) is 1. The molecule has 0 unspecified atom stereocenters. The smallest absolute Gasteiger partial charge is 0.314 e. The van der Waals surface area contributed by atoms with E-state index in [1.54, 1.807) is 4.90 Å². The molecule has 5 nitrogen and oxygen atoms in total. The van der Waals surface area contributed by atoms with Crippen molar-refractivity contribution in [2.24, 2.45) is 5.92 Å². The van der Waals surface area contributed by atoms with Crippen LogP contribution in [0.3, 0.4) is 0 Å². The highest BCUT2D eigenvalue weighted by Gasteiger charge is 2.32. The number of esters is 1. The maximum atomic E-state index is 14.9. The molecule has 2 aromatic rings. The lowest BCUT2D eigenvalue weighted by atomic mass is 10.1. The zero-order valence-corrected chi connectivity index (χ0v) is 13.0. The molecule has 2 aliphatic rings. The van der Waals surface area contributed by atoms with E-state index in [-0.39, 0.29) is 34.2 Å². The van der Waals surface area contributed by atoms with Gasteiger partial charge in [-0.1, -0.05) is 0 Å². The van der Waals surface area contributed by atoms with Gasteiger partial charge in [-0.2, -0.15) is 0 Å². The van der Waals surface area contributed by atoms with Crippen molar-refractivity contribution >= 4 is 22.6 Å². The molecule has 1 saturated heterocycles. The molecule has 1 N–H and O–H groups in total. The molecule has 1 aromatic heterocycles. The molecule has 0 bridgehead atoms. The standard InChI is InChI=1S/C17H17F2N3O2/c18-12-9-11-13(24-17(23)10-1-2-10)3-4-21-15(11)14(19)16(12)22-7-5-20-6-8-22/h3-4,9-10,20H,1-2,5-8H2. The van der Waals surface area contributed by atoms with Gasteiger partial charge in [-0.15, -0.1) is 0 Å². The van der Waals surface area contributed by atoms with Gasteiger partial charge in [-0.3, -0.25) is 9.78 Å². The quantitative estimate of drug-likeness (QED) is 0.873. The van der Waals surface area contributed by atoms with Crippen LogP contribution in [0.25, 0.3) is 10.9 Å². The number of benzene rings is 1. The van der Waals surface area contributed by atoms with Crippen LogP contribution in [-0.2, 0) is 4.79 Å². The van der Waals surface area contributed by atoms with Crippen LogP contribution in [0, 0.1) is 17.6 Å². The maximum Gasteiger partial charge on any atom is 0.314 e. The molecule has 0 atom stereocenters. The molecule has 24 heavy (non-hydrogen) atoms. The summed E-state index contributed by atoms with van der Waals surface area (Å²) in [6, 6.07) is 2.67. The van der Waals surface area contributed by atoms with Gasteiger partial charge in [0.1, 0.15) is 22.8 Å². The molecular weight excluding hydrogens is 316 g/mol. The largest absolute Gasteiger partial charge is 0.426 e. The number of aromatic nitrogens is 1. The Balaban J connectivity index is 1.77. The highest BCUT2D eigenvalue weighted by molar-refractivity contribution is 5.91. The van der Waals surface area contributed by atoms with E-state index in [1.165, 1.54) is 18.3 Å². The zero-order chi connectivity index (χ0) is 16.7. The fourth-order valence-corrected chi connectivity index (χ4v) is 2.96. The lowest BCUT2D eigenvalue weighted by Crippen LogP contribution is -2.44. The summed E-state index contributed by atoms with van der Waals surface area (Å²) in [5.74, 6) is -1.67. The lowest BCUT2D eigenvalue weighted by Gasteiger charge is -2.30. The number of hydrogen-bond acceptors (Lipinski definition) is 5. The summed E-state index contributed by atoms with van der Waals surface area (Å²) in [5.41, 5.74) is -0.0480. The molecule has 126 valence electrons. The van der Waals surface area contributed by atoms with Gasteiger partial charge in [0.05, 0.1) is 5.92 Å². The van der Waals surface area contributed by atoms with E-state index >= 15 is 0 Å². The number of halogens is 2. The first kappa shape index (κ1) is 15.3. The van der Waals surface area contributed by atoms with Crippen LogP contribution in [0.4, 0.5) is 14.5 Å². The third kappa shape index (κ3) is 2.69. The van der Waals surface area contributed by atoms with Crippen molar-refractivity contribution in [3.63, 3.8) is 0 Å². The van der Waals surface area contributed by atoms with Gasteiger partial charge in [-0.25, -0.2) is 8.78 Å². The van der Waals surface area contributed by atoms with Gasteiger partial charge in [-0.05, 0) is 25.0 Å². The molecule has 1 aliphatic heterocycles. The first-order chi connectivity index (χ1) is 11.6. The number of rotatable bonds is 3. The van der Waals surface area contributed by atoms with Crippen molar-refractivity contribution in [2.45, 2.75) is 12.8 Å². The number of nitrogens with zero attached hydrogens (tertiary/aromatic N) is 2. The molecule has 0 spiro atoms. The second kappa shape index (κ2) is 5.98. The minimum atomic E-state index is -0.712. The minimum absolute atomic E-state index is 0.0195. The number of carbonyl (C=O) groups is 1. The second-order valence-electron chi connectivity index (χ2n) is 6.16. The van der Waals surface area contributed by atoms with Crippen LogP contribution in [0.1, 0.15) is 12.8 Å². The number of pyridine rings is 1. The van der Waals surface area contributed by atoms with Crippen molar-refractivity contribution in [2.75, 3.05) is 31.1 Å². The molecule has 2 heterocycles. The first-order valence-corrected chi connectivity index (χ1v) is 8.09. The Hall–Kier alpha value is -2.28. The molecule has 0 amide bonds. The molecule has 0 radical (unpaired) electrons. The Morgan fingerprint density at radius 2 is 2.04 bits per heavy atom. The number of fused-ring (bicyclic) bond motifs is 1. The van der Waals surface area contributed by atoms with E-state index in [4.69, 9.17) is 4.74 Å². The Morgan fingerprint density at radius 1 is 1.29 bits per heavy atom. The van der Waals surface area contributed by atoms with Crippen LogP contribution in [0.5, 0.6) is 5.75 Å².